The summed E-state index contributed by atoms with van der Waals surface area (Å²) in [6.07, 6.45) is 6.22. The van der Waals surface area contributed by atoms with E-state index >= 15 is 0 Å². The van der Waals surface area contributed by atoms with Crippen molar-refractivity contribution < 1.29 is 14.4 Å². The number of hydrogen-bond acceptors (Lipinski definition) is 8. The van der Waals surface area contributed by atoms with Crippen molar-refractivity contribution in [2.24, 2.45) is 28.4 Å². The Bertz CT molecular complexity index is 1420. The lowest BCUT2D eigenvalue weighted by Gasteiger charge is -2.38. The van der Waals surface area contributed by atoms with Crippen LogP contribution in [0.4, 0.5) is 5.69 Å². The van der Waals surface area contributed by atoms with Crippen LogP contribution in [-0.4, -0.2) is 61.4 Å². The number of carbonyl (C=O) groups excluding carboxylic acids is 3. The lowest BCUT2D eigenvalue weighted by atomic mass is 9.85. The maximum atomic E-state index is 14.1. The van der Waals surface area contributed by atoms with E-state index in [0.29, 0.717) is 17.6 Å². The average Bonchev–Trinajstić information content (AvgIpc) is 3.22. The highest BCUT2D eigenvalue weighted by Crippen LogP contribution is 2.65. The zero-order chi connectivity index (χ0) is 28.1. The predicted molar refractivity (Wildman–Crippen MR) is 145 cm³/mol. The zero-order valence-electron chi connectivity index (χ0n) is 22.8. The fourth-order valence-corrected chi connectivity index (χ4v) is 5.93. The molecule has 2 fully saturated rings. The molecule has 1 saturated heterocycles. The van der Waals surface area contributed by atoms with Gasteiger partial charge in [0.2, 0.25) is 17.7 Å². The molecule has 5 rings (SSSR count). The number of nitrogens with two attached hydrogens (primary N) is 1. The number of primary amides is 1. The third-order valence-electron chi connectivity index (χ3n) is 8.19. The van der Waals surface area contributed by atoms with Crippen molar-refractivity contribution in [2.45, 2.75) is 52.7 Å². The molecule has 1 aliphatic carbocycles. The summed E-state index contributed by atoms with van der Waals surface area (Å²) in [4.78, 5) is 50.4. The van der Waals surface area contributed by atoms with Crippen molar-refractivity contribution in [3.05, 3.63) is 54.9 Å². The van der Waals surface area contributed by atoms with Gasteiger partial charge in [-0.2, -0.15) is 10.2 Å². The smallest absolute Gasteiger partial charge is 0.246 e. The first kappa shape index (κ1) is 26.5. The number of benzene rings is 1. The number of anilines is 1. The van der Waals surface area contributed by atoms with Gasteiger partial charge in [-0.15, -0.1) is 0 Å². The summed E-state index contributed by atoms with van der Waals surface area (Å²) in [5.74, 6) is -1.27. The Morgan fingerprint density at radius 1 is 1.10 bits per heavy atom. The van der Waals surface area contributed by atoms with E-state index in [2.05, 4.69) is 44.6 Å². The van der Waals surface area contributed by atoms with Gasteiger partial charge in [0.25, 0.3) is 0 Å². The molecule has 3 heterocycles. The van der Waals surface area contributed by atoms with Gasteiger partial charge in [-0.05, 0) is 22.7 Å². The fourth-order valence-electron chi connectivity index (χ4n) is 5.93. The zero-order valence-corrected chi connectivity index (χ0v) is 22.8. The molecular weight excluding hydrogens is 496 g/mol. The van der Waals surface area contributed by atoms with E-state index in [0.717, 1.165) is 5.39 Å². The molecule has 3 amide bonds. The molecule has 1 saturated carbocycles. The normalized spacial score (nSPS) is 23.0. The molecule has 11 nitrogen and oxygen atoms in total. The van der Waals surface area contributed by atoms with Crippen molar-refractivity contribution in [1.82, 2.24) is 30.4 Å². The third kappa shape index (κ3) is 4.77. The summed E-state index contributed by atoms with van der Waals surface area (Å²) in [7, 11) is 0. The second kappa shape index (κ2) is 9.55. The Hall–Kier alpha value is -4.15. The molecule has 2 aromatic heterocycles. The molecule has 0 radical (unpaired) electrons. The van der Waals surface area contributed by atoms with Crippen LogP contribution in [0, 0.1) is 22.7 Å². The van der Waals surface area contributed by atoms with Crippen molar-refractivity contribution in [2.75, 3.05) is 11.9 Å². The summed E-state index contributed by atoms with van der Waals surface area (Å²) in [6.45, 7) is 10.5. The first-order valence-corrected chi connectivity index (χ1v) is 13.0. The van der Waals surface area contributed by atoms with E-state index in [9.17, 15) is 14.4 Å². The first-order valence-electron chi connectivity index (χ1n) is 13.0. The number of piperidine rings is 1. The summed E-state index contributed by atoms with van der Waals surface area (Å²) in [5, 5.41) is 15.7. The van der Waals surface area contributed by atoms with Crippen LogP contribution in [0.15, 0.2) is 49.2 Å². The van der Waals surface area contributed by atoms with Gasteiger partial charge in [0, 0.05) is 17.3 Å². The molecule has 1 aliphatic heterocycles. The van der Waals surface area contributed by atoms with Gasteiger partial charge in [0.1, 0.15) is 24.1 Å². The lowest BCUT2D eigenvalue weighted by Crippen LogP contribution is -2.57. The largest absolute Gasteiger partial charge is 0.371 e. The fraction of sp³-hybridized carbons (Fsp3) is 0.464. The maximum Gasteiger partial charge on any atom is 0.246 e. The lowest BCUT2D eigenvalue weighted by molar-refractivity contribution is -0.143. The number of hydrogen-bond donors (Lipinski definition) is 3. The molecule has 5 atom stereocenters. The van der Waals surface area contributed by atoms with Gasteiger partial charge in [-0.3, -0.25) is 14.4 Å². The van der Waals surface area contributed by atoms with Crippen LogP contribution in [0.5, 0.6) is 0 Å². The van der Waals surface area contributed by atoms with E-state index < -0.39 is 35.4 Å². The molecular formula is C28H34N8O3. The Kier molecular flexibility index (Phi) is 6.48. The Labute approximate surface area is 227 Å². The van der Waals surface area contributed by atoms with Crippen molar-refractivity contribution in [3.63, 3.8) is 0 Å². The van der Waals surface area contributed by atoms with Gasteiger partial charge in [-0.1, -0.05) is 58.9 Å². The second-order valence-electron chi connectivity index (χ2n) is 12.1. The molecule has 2 aliphatic rings. The van der Waals surface area contributed by atoms with E-state index in [1.807, 2.05) is 39.0 Å². The van der Waals surface area contributed by atoms with Crippen LogP contribution < -0.4 is 16.4 Å². The number of rotatable bonds is 7. The number of carbonyl (C=O) groups is 3. The molecule has 0 bridgehead atoms. The van der Waals surface area contributed by atoms with Crippen LogP contribution in [-0.2, 0) is 14.4 Å². The molecule has 0 spiro atoms. The average molecular weight is 531 g/mol. The molecule has 1 unspecified atom stereocenters. The Balaban J connectivity index is 1.45. The molecule has 204 valence electrons. The van der Waals surface area contributed by atoms with Gasteiger partial charge in [0.15, 0.2) is 6.04 Å². The number of aromatic nitrogens is 4. The number of nitrogens with one attached hydrogen (secondary N) is 2. The highest BCUT2D eigenvalue weighted by Gasteiger charge is 2.69. The van der Waals surface area contributed by atoms with E-state index in [-0.39, 0.29) is 28.9 Å². The second-order valence-corrected chi connectivity index (χ2v) is 12.1. The first-order chi connectivity index (χ1) is 18.4. The highest BCUT2D eigenvalue weighted by molar-refractivity contribution is 5.97. The van der Waals surface area contributed by atoms with Crippen LogP contribution >= 0.6 is 0 Å². The SMILES string of the molecule is CC(C)(C)[C@H](Nc1cncnc1)C(=O)N1C[C@H]2[C@@H]([C@H]1C(=O)NC(C(N)=O)c1nncc3ccccc13)C2(C)C. The maximum absolute atomic E-state index is 14.1. The van der Waals surface area contributed by atoms with Gasteiger partial charge < -0.3 is 21.3 Å². The minimum atomic E-state index is -1.20. The third-order valence-corrected chi connectivity index (χ3v) is 8.19. The summed E-state index contributed by atoms with van der Waals surface area (Å²) >= 11 is 0. The van der Waals surface area contributed by atoms with Crippen LogP contribution in [0.1, 0.15) is 46.4 Å². The summed E-state index contributed by atoms with van der Waals surface area (Å²) in [6, 6.07) is 4.71. The topological polar surface area (TPSA) is 156 Å². The molecule has 3 aromatic rings. The Morgan fingerprint density at radius 3 is 2.46 bits per heavy atom. The number of nitrogens with zero attached hydrogens (tertiary/aromatic N) is 5. The van der Waals surface area contributed by atoms with Crippen LogP contribution in [0.2, 0.25) is 0 Å². The van der Waals surface area contributed by atoms with Gasteiger partial charge in [0.05, 0.1) is 24.3 Å². The summed E-state index contributed by atoms with van der Waals surface area (Å²) in [5.41, 5.74) is 6.06. The quantitative estimate of drug-likeness (QED) is 0.419. The van der Waals surface area contributed by atoms with E-state index in [1.54, 1.807) is 29.6 Å². The Morgan fingerprint density at radius 2 is 1.79 bits per heavy atom. The standard InChI is InChI=1S/C28H34N8O3/c1-27(2,3)23(33-16-11-30-14-31-12-16)26(39)36-13-18-19(28(18,4)5)22(36)25(38)34-21(24(29)37)20-17-9-7-6-8-15(17)10-32-35-20/h6-12,14,18-19,21-23,33H,13H2,1-5H3,(H2,29,37)(H,34,38)/t18-,19-,21?,22-,23+/m0/s1. The highest BCUT2D eigenvalue weighted by atomic mass is 16.2. The van der Waals surface area contributed by atoms with Crippen LogP contribution in [0.25, 0.3) is 10.8 Å². The predicted octanol–water partition coefficient (Wildman–Crippen LogP) is 2.07. The molecule has 1 aromatic carbocycles. The minimum Gasteiger partial charge on any atom is -0.371 e. The molecule has 4 N–H and O–H groups in total. The van der Waals surface area contributed by atoms with E-state index in [1.165, 1.54) is 6.33 Å². The number of fused-ring (bicyclic) bond motifs is 2. The molecule has 11 heteroatoms. The monoisotopic (exact) mass is 530 g/mol. The number of likely N-dealkylation sites (tertiary alicyclic amines) is 1. The van der Waals surface area contributed by atoms with Gasteiger partial charge >= 0.3 is 0 Å². The van der Waals surface area contributed by atoms with Gasteiger partial charge in [-0.25, -0.2) is 9.97 Å². The minimum absolute atomic E-state index is 0.0470. The van der Waals surface area contributed by atoms with E-state index in [4.69, 9.17) is 5.73 Å². The van der Waals surface area contributed by atoms with Crippen molar-refractivity contribution >= 4 is 34.2 Å². The van der Waals surface area contributed by atoms with Crippen molar-refractivity contribution in [3.8, 4) is 0 Å². The molecule has 39 heavy (non-hydrogen) atoms. The van der Waals surface area contributed by atoms with Crippen molar-refractivity contribution in [1.29, 1.82) is 0 Å². The summed E-state index contributed by atoms with van der Waals surface area (Å²) < 4.78 is 0. The van der Waals surface area contributed by atoms with Crippen LogP contribution in [0.3, 0.4) is 0 Å². The number of amides is 3.